The molecule has 1 N–H and O–H groups in total. The van der Waals surface area contributed by atoms with Crippen LogP contribution >= 0.6 is 18.8 Å². The summed E-state index contributed by atoms with van der Waals surface area (Å²) in [5.41, 5.74) is 0. The monoisotopic (exact) mass is 458 g/mol. The molecule has 1 saturated carbocycles. The molecule has 0 heterocycles. The van der Waals surface area contributed by atoms with Crippen LogP contribution in [0.25, 0.3) is 0 Å². The van der Waals surface area contributed by atoms with Gasteiger partial charge in [-0.3, -0.25) is 9.59 Å². The van der Waals surface area contributed by atoms with Gasteiger partial charge in [-0.25, -0.2) is 0 Å². The average molecular weight is 458 g/mol. The summed E-state index contributed by atoms with van der Waals surface area (Å²) in [5.74, 6) is -5.87. The summed E-state index contributed by atoms with van der Waals surface area (Å²) < 4.78 is 54.0. The minimum Gasteiger partial charge on any atom is -0.481 e. The molecular weight excluding hydrogens is 420 g/mol. The number of carbonyl (C=O) groups excluding carboxylic acids is 1. The topological polar surface area (TPSA) is 72.8 Å². The van der Waals surface area contributed by atoms with E-state index in [1.165, 1.54) is 6.08 Å². The number of unbranched alkanes of at least 4 members (excludes halogenated alkanes) is 4. The molecule has 0 amide bonds. The van der Waals surface area contributed by atoms with E-state index in [0.717, 1.165) is 25.3 Å². The van der Waals surface area contributed by atoms with E-state index in [2.05, 4.69) is 0 Å². The molecule has 1 aliphatic rings. The van der Waals surface area contributed by atoms with Crippen LogP contribution in [0, 0.1) is 11.8 Å². The Balaban J connectivity index is 2.82. The van der Waals surface area contributed by atoms with Crippen LogP contribution in [0.2, 0.25) is 0 Å². The van der Waals surface area contributed by atoms with Crippen molar-refractivity contribution in [1.29, 1.82) is 2.56 Å². The minimum absolute atomic E-state index is 0.105. The number of hydrogen-bond acceptors (Lipinski definition) is 4. The van der Waals surface area contributed by atoms with E-state index in [4.69, 9.17) is 16.7 Å². The largest absolute Gasteiger partial charge is 0.481 e. The summed E-state index contributed by atoms with van der Waals surface area (Å²) in [6, 6.07) is 0. The Bertz CT molecular complexity index is 584. The number of carboxylic acid groups (broad SMARTS) is 1. The third-order valence-corrected chi connectivity index (χ3v) is 6.13. The number of halogens is 2. The van der Waals surface area contributed by atoms with E-state index in [0.29, 0.717) is 25.7 Å². The third kappa shape index (κ3) is 9.04. The molecule has 0 aromatic heterocycles. The maximum absolute atomic E-state index is 14.0. The molecule has 0 aromatic carbocycles. The first kappa shape index (κ1) is 23.2. The lowest BCUT2D eigenvalue weighted by Gasteiger charge is -2.23. The highest BCUT2D eigenvalue weighted by Crippen LogP contribution is 2.42. The highest BCUT2D eigenvalue weighted by Gasteiger charge is 2.43. The molecule has 1 rings (SSSR count). The molecule has 29 heavy (non-hydrogen) atoms. The SMILES string of the molecule is [3H]PO[C@H]1C[C@@H](OP[3H])[C@H](C=CC(=O)C(F)(F)CCCC)C1CCCCCCC(=O)O. The van der Waals surface area contributed by atoms with Gasteiger partial charge in [-0.05, 0) is 31.3 Å². The van der Waals surface area contributed by atoms with Crippen LogP contribution in [-0.4, -0.2) is 37.5 Å². The number of carboxylic acids is 1. The van der Waals surface area contributed by atoms with Crippen LogP contribution in [-0.2, 0) is 18.6 Å². The van der Waals surface area contributed by atoms with Crippen molar-refractivity contribution in [3.8, 4) is 0 Å². The van der Waals surface area contributed by atoms with Crippen LogP contribution in [0.1, 0.15) is 71.1 Å². The van der Waals surface area contributed by atoms with Gasteiger partial charge < -0.3 is 14.2 Å². The van der Waals surface area contributed by atoms with Gasteiger partial charge in [0.2, 0.25) is 5.78 Å². The van der Waals surface area contributed by atoms with Crippen LogP contribution in [0.15, 0.2) is 12.2 Å². The number of hydrogen-bond donors (Lipinski definition) is 1. The van der Waals surface area contributed by atoms with Crippen molar-refractivity contribution in [2.45, 2.75) is 89.3 Å². The quantitative estimate of drug-likeness (QED) is 0.181. The predicted molar refractivity (Wildman–Crippen MR) is 115 cm³/mol. The Morgan fingerprint density at radius 2 is 1.86 bits per heavy atom. The summed E-state index contributed by atoms with van der Waals surface area (Å²) in [7, 11) is -1.00. The lowest BCUT2D eigenvalue weighted by molar-refractivity contribution is -0.138. The van der Waals surface area contributed by atoms with Crippen molar-refractivity contribution < 1.29 is 32.5 Å². The van der Waals surface area contributed by atoms with Gasteiger partial charge in [0, 0.05) is 44.0 Å². The summed E-state index contributed by atoms with van der Waals surface area (Å²) in [6.07, 6.45) is 6.40. The highest BCUT2D eigenvalue weighted by molar-refractivity contribution is 7.10. The van der Waals surface area contributed by atoms with E-state index in [1.54, 1.807) is 6.92 Å². The van der Waals surface area contributed by atoms with Gasteiger partial charge in [0.1, 0.15) is 0 Å². The second-order valence-electron chi connectivity index (χ2n) is 7.67. The lowest BCUT2D eigenvalue weighted by atomic mass is 9.87. The predicted octanol–water partition coefficient (Wildman–Crippen LogP) is 5.35. The van der Waals surface area contributed by atoms with Crippen molar-refractivity contribution in [3.63, 3.8) is 0 Å². The van der Waals surface area contributed by atoms with E-state index in [1.807, 2.05) is 0 Å². The summed E-state index contributed by atoms with van der Waals surface area (Å²) in [5, 5.41) is 8.71. The van der Waals surface area contributed by atoms with E-state index >= 15 is 0 Å². The fraction of sp³-hybridized carbons (Fsp3) is 0.800. The zero-order valence-corrected chi connectivity index (χ0v) is 18.9. The summed E-state index contributed by atoms with van der Waals surface area (Å²) in [6.45, 7) is 1.79. The Kier molecular flexibility index (Phi) is 11.0. The number of aliphatic carboxylic acids is 1. The molecule has 0 radical (unpaired) electrons. The summed E-state index contributed by atoms with van der Waals surface area (Å²) in [4.78, 5) is 22.7. The van der Waals surface area contributed by atoms with E-state index < -0.39 is 49.0 Å². The fourth-order valence-corrected chi connectivity index (χ4v) is 4.37. The first-order chi connectivity index (χ1) is 14.8. The van der Waals surface area contributed by atoms with Crippen molar-refractivity contribution >= 4 is 30.6 Å². The standard InChI is InChI=1S/C20H34F2O5P2/c1-2-3-12-20(21,22)18(23)11-10-15-14(16(26-28)13-17(15)27-29)8-6-4-5-7-9-19(24)25/h10-11,14-17H,2-9,12-13,28-29H2,1H3,(H,24,25)/t14?,15-,16+,17-/m1/s1/i28T,29T/t14?,15-,16+,17-,28?,29?. The van der Waals surface area contributed by atoms with Gasteiger partial charge >= 0.3 is 11.9 Å². The number of ketones is 1. The molecule has 0 aromatic rings. The van der Waals surface area contributed by atoms with Crippen LogP contribution in [0.4, 0.5) is 8.78 Å². The molecule has 5 nitrogen and oxygen atoms in total. The third-order valence-electron chi connectivity index (χ3n) is 5.52. The van der Waals surface area contributed by atoms with Gasteiger partial charge in [0.25, 0.3) is 0 Å². The molecule has 0 saturated heterocycles. The average Bonchev–Trinajstić information content (AvgIpc) is 3.03. The Labute approximate surface area is 179 Å². The highest BCUT2D eigenvalue weighted by atomic mass is 31.0. The Morgan fingerprint density at radius 3 is 2.52 bits per heavy atom. The second-order valence-corrected chi connectivity index (χ2v) is 8.14. The first-order valence-corrected chi connectivity index (χ1v) is 11.1. The normalized spacial score (nSPS) is 26.7. The molecule has 0 aliphatic heterocycles. The maximum atomic E-state index is 14.0. The van der Waals surface area contributed by atoms with Crippen molar-refractivity contribution in [3.05, 3.63) is 12.2 Å². The molecule has 168 valence electrons. The minimum atomic E-state index is -3.39. The Morgan fingerprint density at radius 1 is 1.17 bits per heavy atom. The molecule has 6 atom stereocenters. The van der Waals surface area contributed by atoms with E-state index in [-0.39, 0.29) is 30.8 Å². The van der Waals surface area contributed by atoms with Gasteiger partial charge in [-0.1, -0.05) is 38.7 Å². The molecule has 1 fully saturated rings. The number of carbonyl (C=O) groups is 2. The lowest BCUT2D eigenvalue weighted by Crippen LogP contribution is -2.27. The Hall–Kier alpha value is -0.480. The van der Waals surface area contributed by atoms with Gasteiger partial charge in [-0.2, -0.15) is 8.78 Å². The van der Waals surface area contributed by atoms with Crippen LogP contribution in [0.3, 0.4) is 0 Å². The number of rotatable bonds is 17. The molecule has 3 unspecified atom stereocenters. The molecule has 1 aliphatic carbocycles. The summed E-state index contributed by atoms with van der Waals surface area (Å²) >= 11 is 0. The van der Waals surface area contributed by atoms with Crippen molar-refractivity contribution in [1.82, 2.24) is 0 Å². The van der Waals surface area contributed by atoms with Crippen LogP contribution in [0.5, 0.6) is 0 Å². The molecule has 0 bridgehead atoms. The van der Waals surface area contributed by atoms with Crippen LogP contribution < -0.4 is 0 Å². The zero-order chi connectivity index (χ0) is 23.3. The second kappa shape index (κ2) is 13.7. The maximum Gasteiger partial charge on any atom is 0.309 e. The molecule has 9 heteroatoms. The zero-order valence-electron chi connectivity index (χ0n) is 18.9. The van der Waals surface area contributed by atoms with Gasteiger partial charge in [0.05, 0.1) is 14.8 Å². The fourth-order valence-electron chi connectivity index (χ4n) is 3.84. The number of alkyl halides is 2. The molecule has 0 spiro atoms. The van der Waals surface area contributed by atoms with Gasteiger partial charge in [0.15, 0.2) is 0 Å². The molecular formula is C20H34F2O5P2. The van der Waals surface area contributed by atoms with Gasteiger partial charge in [-0.15, -0.1) is 0 Å². The van der Waals surface area contributed by atoms with E-state index in [9.17, 15) is 18.4 Å². The first-order valence-electron chi connectivity index (χ1n) is 11.2. The number of allylic oxidation sites excluding steroid dienone is 1. The van der Waals surface area contributed by atoms with Crippen molar-refractivity contribution in [2.75, 3.05) is 0 Å². The van der Waals surface area contributed by atoms with Crippen molar-refractivity contribution in [2.24, 2.45) is 11.8 Å². The smallest absolute Gasteiger partial charge is 0.309 e.